The van der Waals surface area contributed by atoms with Crippen molar-refractivity contribution >= 4 is 0 Å². The van der Waals surface area contributed by atoms with E-state index in [-0.39, 0.29) is 11.9 Å². The van der Waals surface area contributed by atoms with Gasteiger partial charge in [-0.25, -0.2) is 4.39 Å². The molecule has 1 heterocycles. The molecule has 0 saturated carbocycles. The summed E-state index contributed by atoms with van der Waals surface area (Å²) < 4.78 is 14.1. The molecule has 1 aliphatic heterocycles. The third-order valence-electron chi connectivity index (χ3n) is 4.41. The van der Waals surface area contributed by atoms with Crippen molar-refractivity contribution in [1.82, 2.24) is 15.1 Å². The van der Waals surface area contributed by atoms with Gasteiger partial charge in [0.05, 0.1) is 0 Å². The second-order valence-electron chi connectivity index (χ2n) is 6.16. The van der Waals surface area contributed by atoms with Crippen molar-refractivity contribution in [2.24, 2.45) is 0 Å². The summed E-state index contributed by atoms with van der Waals surface area (Å²) in [5.74, 6) is -0.0991. The van der Waals surface area contributed by atoms with Crippen molar-refractivity contribution in [1.29, 1.82) is 0 Å². The number of nitrogens with zero attached hydrogens (tertiary/aromatic N) is 2. The first-order valence-corrected chi connectivity index (χ1v) is 7.98. The minimum absolute atomic E-state index is 0.0881. The topological polar surface area (TPSA) is 18.5 Å². The predicted octanol–water partition coefficient (Wildman–Crippen LogP) is 2.50. The number of hydrogen-bond donors (Lipinski definition) is 1. The van der Waals surface area contributed by atoms with Crippen LogP contribution < -0.4 is 5.32 Å². The average Bonchev–Trinajstić information content (AvgIpc) is 2.48. The molecule has 2 atom stereocenters. The van der Waals surface area contributed by atoms with Crippen molar-refractivity contribution in [3.63, 3.8) is 0 Å². The molecule has 0 radical (unpaired) electrons. The van der Waals surface area contributed by atoms with E-state index in [1.165, 1.54) is 0 Å². The maximum absolute atomic E-state index is 14.1. The average molecular weight is 293 g/mol. The molecule has 1 aliphatic rings. The molecule has 0 aliphatic carbocycles. The zero-order chi connectivity index (χ0) is 15.2. The molecule has 0 bridgehead atoms. The predicted molar refractivity (Wildman–Crippen MR) is 86.0 cm³/mol. The van der Waals surface area contributed by atoms with Crippen molar-refractivity contribution < 1.29 is 4.39 Å². The summed E-state index contributed by atoms with van der Waals surface area (Å²) in [5.41, 5.74) is 0.799. The smallest absolute Gasteiger partial charge is 0.127 e. The van der Waals surface area contributed by atoms with Gasteiger partial charge in [-0.1, -0.05) is 25.1 Å². The van der Waals surface area contributed by atoms with Crippen LogP contribution in [-0.2, 0) is 0 Å². The van der Waals surface area contributed by atoms with Gasteiger partial charge in [0.25, 0.3) is 0 Å². The van der Waals surface area contributed by atoms with Crippen LogP contribution in [0.5, 0.6) is 0 Å². The number of nitrogens with one attached hydrogen (secondary N) is 1. The lowest BCUT2D eigenvalue weighted by molar-refractivity contribution is 0.101. The normalized spacial score (nSPS) is 22.4. The maximum atomic E-state index is 14.1. The van der Waals surface area contributed by atoms with Crippen molar-refractivity contribution in [3.8, 4) is 0 Å². The molecule has 1 N–H and O–H groups in total. The summed E-state index contributed by atoms with van der Waals surface area (Å²) in [4.78, 5) is 4.77. The Morgan fingerprint density at radius 1 is 1.29 bits per heavy atom. The van der Waals surface area contributed by atoms with E-state index in [1.807, 2.05) is 12.1 Å². The Balaban J connectivity index is 2.10. The Kier molecular flexibility index (Phi) is 6.15. The van der Waals surface area contributed by atoms with Crippen LogP contribution in [0.15, 0.2) is 24.3 Å². The fraction of sp³-hybridized carbons (Fsp3) is 0.647. The number of rotatable bonds is 6. The summed E-state index contributed by atoms with van der Waals surface area (Å²) in [6.45, 7) is 6.31. The number of benzene rings is 1. The number of likely N-dealkylation sites (N-methyl/N-ethyl adjacent to an activating group) is 2. The molecule has 2 rings (SSSR count). The second-order valence-corrected chi connectivity index (χ2v) is 6.16. The first-order chi connectivity index (χ1) is 10.1. The lowest BCUT2D eigenvalue weighted by Crippen LogP contribution is -2.51. The van der Waals surface area contributed by atoms with E-state index in [9.17, 15) is 4.39 Å². The summed E-state index contributed by atoms with van der Waals surface area (Å²) >= 11 is 0. The minimum atomic E-state index is -0.0991. The van der Waals surface area contributed by atoms with E-state index in [2.05, 4.69) is 36.1 Å². The number of piperazine rings is 1. The second kappa shape index (κ2) is 7.87. The quantitative estimate of drug-likeness (QED) is 0.869. The van der Waals surface area contributed by atoms with Gasteiger partial charge in [-0.15, -0.1) is 0 Å². The molecule has 2 unspecified atom stereocenters. The van der Waals surface area contributed by atoms with Crippen LogP contribution in [0, 0.1) is 5.82 Å². The van der Waals surface area contributed by atoms with Gasteiger partial charge in [-0.05, 0) is 39.5 Å². The van der Waals surface area contributed by atoms with Gasteiger partial charge in [0.15, 0.2) is 0 Å². The van der Waals surface area contributed by atoms with Crippen LogP contribution in [0.2, 0.25) is 0 Å². The van der Waals surface area contributed by atoms with E-state index < -0.39 is 0 Å². The molecule has 0 amide bonds. The van der Waals surface area contributed by atoms with Gasteiger partial charge in [0, 0.05) is 37.3 Å². The van der Waals surface area contributed by atoms with E-state index in [1.54, 1.807) is 12.1 Å². The Bertz CT molecular complexity index is 438. The highest BCUT2D eigenvalue weighted by molar-refractivity contribution is 5.21. The molecular formula is C17H28FN3. The van der Waals surface area contributed by atoms with Gasteiger partial charge < -0.3 is 15.1 Å². The standard InChI is InChI=1S/C17H28FN3/c1-4-9-19-17(15-7-5-6-8-16(15)18)12-14-13-20(2)10-11-21(14)3/h5-8,14,17,19H,4,9-13H2,1-3H3. The van der Waals surface area contributed by atoms with Crippen LogP contribution in [-0.4, -0.2) is 56.1 Å². The lowest BCUT2D eigenvalue weighted by Gasteiger charge is -2.39. The van der Waals surface area contributed by atoms with Gasteiger partial charge >= 0.3 is 0 Å². The molecule has 1 aromatic carbocycles. The molecule has 1 fully saturated rings. The van der Waals surface area contributed by atoms with Crippen molar-refractivity contribution in [2.75, 3.05) is 40.3 Å². The highest BCUT2D eigenvalue weighted by Crippen LogP contribution is 2.24. The molecule has 3 nitrogen and oxygen atoms in total. The molecule has 1 saturated heterocycles. The lowest BCUT2D eigenvalue weighted by atomic mass is 9.96. The summed E-state index contributed by atoms with van der Waals surface area (Å²) in [5, 5.41) is 3.52. The maximum Gasteiger partial charge on any atom is 0.127 e. The van der Waals surface area contributed by atoms with E-state index >= 15 is 0 Å². The Hall–Kier alpha value is -0.970. The fourth-order valence-electron chi connectivity index (χ4n) is 3.02. The number of halogens is 1. The molecule has 0 spiro atoms. The first kappa shape index (κ1) is 16.4. The van der Waals surface area contributed by atoms with Gasteiger partial charge in [-0.3, -0.25) is 0 Å². The monoisotopic (exact) mass is 293 g/mol. The summed E-state index contributed by atoms with van der Waals surface area (Å²) in [7, 11) is 4.34. The van der Waals surface area contributed by atoms with E-state index in [4.69, 9.17) is 0 Å². The SMILES string of the molecule is CCCNC(CC1CN(C)CCN1C)c1ccccc1F. The molecule has 1 aromatic rings. The van der Waals surface area contributed by atoms with Gasteiger partial charge in [0.1, 0.15) is 5.82 Å². The summed E-state index contributed by atoms with van der Waals surface area (Å²) in [6, 6.07) is 7.72. The van der Waals surface area contributed by atoms with E-state index in [0.717, 1.165) is 44.6 Å². The zero-order valence-electron chi connectivity index (χ0n) is 13.5. The molecule has 0 aromatic heterocycles. The largest absolute Gasteiger partial charge is 0.310 e. The van der Waals surface area contributed by atoms with Crippen LogP contribution in [0.1, 0.15) is 31.4 Å². The first-order valence-electron chi connectivity index (χ1n) is 7.98. The van der Waals surface area contributed by atoms with Crippen LogP contribution >= 0.6 is 0 Å². The minimum Gasteiger partial charge on any atom is -0.310 e. The van der Waals surface area contributed by atoms with Gasteiger partial charge in [0.2, 0.25) is 0 Å². The number of hydrogen-bond acceptors (Lipinski definition) is 3. The third-order valence-corrected chi connectivity index (χ3v) is 4.41. The van der Waals surface area contributed by atoms with E-state index in [0.29, 0.717) is 6.04 Å². The molecular weight excluding hydrogens is 265 g/mol. The Morgan fingerprint density at radius 3 is 2.76 bits per heavy atom. The molecule has 21 heavy (non-hydrogen) atoms. The highest BCUT2D eigenvalue weighted by Gasteiger charge is 2.26. The summed E-state index contributed by atoms with van der Waals surface area (Å²) in [6.07, 6.45) is 2.01. The Morgan fingerprint density at radius 2 is 2.05 bits per heavy atom. The fourth-order valence-corrected chi connectivity index (χ4v) is 3.02. The van der Waals surface area contributed by atoms with Crippen molar-refractivity contribution in [2.45, 2.75) is 31.8 Å². The van der Waals surface area contributed by atoms with Crippen LogP contribution in [0.25, 0.3) is 0 Å². The third kappa shape index (κ3) is 4.50. The van der Waals surface area contributed by atoms with Crippen molar-refractivity contribution in [3.05, 3.63) is 35.6 Å². The molecule has 4 heteroatoms. The zero-order valence-corrected chi connectivity index (χ0v) is 13.5. The Labute approximate surface area is 128 Å². The van der Waals surface area contributed by atoms with Crippen LogP contribution in [0.4, 0.5) is 4.39 Å². The van der Waals surface area contributed by atoms with Gasteiger partial charge in [-0.2, -0.15) is 0 Å². The van der Waals surface area contributed by atoms with Crippen LogP contribution in [0.3, 0.4) is 0 Å². The molecule has 118 valence electrons. The highest BCUT2D eigenvalue weighted by atomic mass is 19.1.